The van der Waals surface area contributed by atoms with Crippen LogP contribution in [0, 0.1) is 0 Å². The van der Waals surface area contributed by atoms with E-state index in [0.29, 0.717) is 0 Å². The molecule has 2 nitrogen and oxygen atoms in total. The minimum atomic E-state index is 0.808. The maximum Gasteiger partial charge on any atom is 0.0114 e. The minimum Gasteiger partial charge on any atom is -0.314 e. The Kier molecular flexibility index (Phi) is 8.10. The van der Waals surface area contributed by atoms with Crippen LogP contribution >= 0.6 is 0 Å². The molecule has 0 aliphatic carbocycles. The van der Waals surface area contributed by atoms with E-state index in [0.717, 1.165) is 24.7 Å². The predicted molar refractivity (Wildman–Crippen MR) is 92.8 cm³/mol. The molecule has 0 radical (unpaired) electrons. The van der Waals surface area contributed by atoms with Crippen LogP contribution in [0.4, 0.5) is 0 Å². The van der Waals surface area contributed by atoms with E-state index in [2.05, 4.69) is 24.1 Å². The Morgan fingerprint density at radius 3 is 1.95 bits per heavy atom. The Morgan fingerprint density at radius 1 is 0.810 bits per heavy atom. The van der Waals surface area contributed by atoms with Crippen molar-refractivity contribution >= 4 is 0 Å². The summed E-state index contributed by atoms with van der Waals surface area (Å²) in [6.45, 7) is 7.06. The number of hydrogen-bond acceptors (Lipinski definition) is 2. The lowest BCUT2D eigenvalue weighted by atomic mass is 9.96. The van der Waals surface area contributed by atoms with E-state index in [1.807, 2.05) is 0 Å². The third-order valence-corrected chi connectivity index (χ3v) is 5.65. The molecule has 2 unspecified atom stereocenters. The van der Waals surface area contributed by atoms with Gasteiger partial charge in [0.05, 0.1) is 0 Å². The van der Waals surface area contributed by atoms with Crippen LogP contribution < -0.4 is 5.32 Å². The quantitative estimate of drug-likeness (QED) is 0.554. The first kappa shape index (κ1) is 17.3. The van der Waals surface area contributed by atoms with Crippen molar-refractivity contribution in [2.24, 2.45) is 0 Å². The average molecular weight is 295 g/mol. The van der Waals surface area contributed by atoms with Gasteiger partial charge in [0.25, 0.3) is 0 Å². The second-order valence-corrected chi connectivity index (χ2v) is 7.32. The van der Waals surface area contributed by atoms with E-state index in [4.69, 9.17) is 0 Å². The standard InChI is InChI=1S/C19H38N2/c1-3-5-6-7-8-9-10-11-14-21-18-12-13-19(21)16-17(15-18)20-4-2/h17-20H,3-16H2,1-2H3. The van der Waals surface area contributed by atoms with Crippen LogP contribution in [-0.2, 0) is 0 Å². The molecule has 0 aromatic heterocycles. The molecule has 1 N–H and O–H groups in total. The molecule has 21 heavy (non-hydrogen) atoms. The first-order valence-corrected chi connectivity index (χ1v) is 9.84. The van der Waals surface area contributed by atoms with Gasteiger partial charge in [0.1, 0.15) is 0 Å². The van der Waals surface area contributed by atoms with Crippen LogP contribution in [-0.4, -0.2) is 36.1 Å². The highest BCUT2D eigenvalue weighted by molar-refractivity contribution is 4.97. The molecule has 2 aliphatic heterocycles. The monoisotopic (exact) mass is 294 g/mol. The fourth-order valence-corrected chi connectivity index (χ4v) is 4.52. The van der Waals surface area contributed by atoms with Gasteiger partial charge in [-0.15, -0.1) is 0 Å². The number of nitrogens with one attached hydrogen (secondary N) is 1. The normalized spacial score (nSPS) is 29.1. The lowest BCUT2D eigenvalue weighted by Gasteiger charge is -2.39. The molecule has 0 aromatic rings. The summed E-state index contributed by atoms with van der Waals surface area (Å²) in [7, 11) is 0. The number of nitrogens with zero attached hydrogens (tertiary/aromatic N) is 1. The number of piperidine rings is 1. The Bertz CT molecular complexity index is 252. The first-order chi connectivity index (χ1) is 10.3. The Labute approximate surface area is 133 Å². The van der Waals surface area contributed by atoms with Gasteiger partial charge in [0.2, 0.25) is 0 Å². The third kappa shape index (κ3) is 5.56. The van der Waals surface area contributed by atoms with Crippen molar-refractivity contribution in [3.8, 4) is 0 Å². The summed E-state index contributed by atoms with van der Waals surface area (Å²) in [6.07, 6.45) is 17.3. The smallest absolute Gasteiger partial charge is 0.0114 e. The third-order valence-electron chi connectivity index (χ3n) is 5.65. The van der Waals surface area contributed by atoms with Gasteiger partial charge in [0, 0.05) is 18.1 Å². The van der Waals surface area contributed by atoms with Crippen LogP contribution in [0.5, 0.6) is 0 Å². The number of fused-ring (bicyclic) bond motifs is 2. The van der Waals surface area contributed by atoms with Gasteiger partial charge in [-0.3, -0.25) is 4.90 Å². The number of hydrogen-bond donors (Lipinski definition) is 1. The van der Waals surface area contributed by atoms with E-state index >= 15 is 0 Å². The zero-order valence-corrected chi connectivity index (χ0v) is 14.6. The largest absolute Gasteiger partial charge is 0.314 e. The van der Waals surface area contributed by atoms with Crippen LogP contribution in [0.1, 0.15) is 90.9 Å². The Hall–Kier alpha value is -0.0800. The SMILES string of the molecule is CCCCCCCCCCN1C2CCC1CC(NCC)C2. The van der Waals surface area contributed by atoms with Crippen molar-refractivity contribution in [3.05, 3.63) is 0 Å². The van der Waals surface area contributed by atoms with Gasteiger partial charge in [-0.1, -0.05) is 58.8 Å². The van der Waals surface area contributed by atoms with Gasteiger partial charge in [-0.25, -0.2) is 0 Å². The minimum absolute atomic E-state index is 0.808. The molecular weight excluding hydrogens is 256 g/mol. The second kappa shape index (κ2) is 9.84. The van der Waals surface area contributed by atoms with Crippen molar-refractivity contribution < 1.29 is 0 Å². The van der Waals surface area contributed by atoms with Gasteiger partial charge >= 0.3 is 0 Å². The molecule has 2 aliphatic rings. The maximum absolute atomic E-state index is 3.68. The van der Waals surface area contributed by atoms with Crippen molar-refractivity contribution in [2.45, 2.75) is 109 Å². The van der Waals surface area contributed by atoms with E-state index in [1.54, 1.807) is 0 Å². The number of rotatable bonds is 11. The van der Waals surface area contributed by atoms with Gasteiger partial charge in [0.15, 0.2) is 0 Å². The summed E-state index contributed by atoms with van der Waals surface area (Å²) in [6, 6.07) is 2.61. The Morgan fingerprint density at radius 2 is 1.38 bits per heavy atom. The summed E-state index contributed by atoms with van der Waals surface area (Å²) in [5.74, 6) is 0. The molecule has 2 bridgehead atoms. The molecule has 2 saturated heterocycles. The molecule has 2 atom stereocenters. The van der Waals surface area contributed by atoms with Crippen LogP contribution in [0.15, 0.2) is 0 Å². The van der Waals surface area contributed by atoms with E-state index < -0.39 is 0 Å². The molecule has 2 heteroatoms. The van der Waals surface area contributed by atoms with Crippen molar-refractivity contribution in [3.63, 3.8) is 0 Å². The lowest BCUT2D eigenvalue weighted by Crippen LogP contribution is -2.49. The van der Waals surface area contributed by atoms with E-state index in [1.165, 1.54) is 83.6 Å². The highest BCUT2D eigenvalue weighted by Gasteiger charge is 2.39. The Balaban J connectivity index is 1.53. The van der Waals surface area contributed by atoms with Crippen LogP contribution in [0.25, 0.3) is 0 Å². The lowest BCUT2D eigenvalue weighted by molar-refractivity contribution is 0.115. The fourth-order valence-electron chi connectivity index (χ4n) is 4.52. The highest BCUT2D eigenvalue weighted by Crippen LogP contribution is 2.35. The zero-order valence-electron chi connectivity index (χ0n) is 14.6. The van der Waals surface area contributed by atoms with Crippen LogP contribution in [0.2, 0.25) is 0 Å². The maximum atomic E-state index is 3.68. The summed E-state index contributed by atoms with van der Waals surface area (Å²) < 4.78 is 0. The molecule has 124 valence electrons. The van der Waals surface area contributed by atoms with Crippen molar-refractivity contribution in [1.29, 1.82) is 0 Å². The fraction of sp³-hybridized carbons (Fsp3) is 1.00. The predicted octanol–water partition coefficient (Wildman–Crippen LogP) is 4.73. The van der Waals surface area contributed by atoms with Gasteiger partial charge < -0.3 is 5.32 Å². The molecule has 0 aromatic carbocycles. The summed E-state index contributed by atoms with van der Waals surface area (Å²) in [5, 5.41) is 3.68. The number of unbranched alkanes of at least 4 members (excludes halogenated alkanes) is 7. The molecule has 2 heterocycles. The molecular formula is C19H38N2. The molecule has 2 fully saturated rings. The zero-order chi connectivity index (χ0) is 14.9. The van der Waals surface area contributed by atoms with Crippen molar-refractivity contribution in [1.82, 2.24) is 10.2 Å². The van der Waals surface area contributed by atoms with E-state index in [-0.39, 0.29) is 0 Å². The highest BCUT2D eigenvalue weighted by atomic mass is 15.2. The molecule has 0 amide bonds. The molecule has 0 saturated carbocycles. The van der Waals surface area contributed by atoms with Crippen LogP contribution in [0.3, 0.4) is 0 Å². The summed E-state index contributed by atoms with van der Waals surface area (Å²) >= 11 is 0. The van der Waals surface area contributed by atoms with E-state index in [9.17, 15) is 0 Å². The van der Waals surface area contributed by atoms with Gasteiger partial charge in [-0.05, 0) is 45.2 Å². The van der Waals surface area contributed by atoms with Crippen molar-refractivity contribution in [2.75, 3.05) is 13.1 Å². The topological polar surface area (TPSA) is 15.3 Å². The second-order valence-electron chi connectivity index (χ2n) is 7.32. The molecule has 0 spiro atoms. The first-order valence-electron chi connectivity index (χ1n) is 9.84. The molecule has 2 rings (SSSR count). The summed E-state index contributed by atoms with van der Waals surface area (Å²) in [5.41, 5.74) is 0. The van der Waals surface area contributed by atoms with Gasteiger partial charge in [-0.2, -0.15) is 0 Å². The average Bonchev–Trinajstić information content (AvgIpc) is 2.72. The summed E-state index contributed by atoms with van der Waals surface area (Å²) in [4.78, 5) is 2.87.